The Morgan fingerprint density at radius 3 is 1.85 bits per heavy atom. The molecule has 272 valence electrons. The Kier molecular flexibility index (Phi) is 12.5. The Morgan fingerprint density at radius 1 is 0.731 bits per heavy atom. The number of hydrogen-bond acceptors (Lipinski definition) is 8. The van der Waals surface area contributed by atoms with Crippen LogP contribution in [0.5, 0.6) is 5.75 Å². The Hall–Kier alpha value is -4.47. The summed E-state index contributed by atoms with van der Waals surface area (Å²) in [6.07, 6.45) is 6.52. The van der Waals surface area contributed by atoms with Crippen LogP contribution in [-0.4, -0.2) is 38.5 Å². The van der Waals surface area contributed by atoms with Crippen molar-refractivity contribution in [3.05, 3.63) is 132 Å². The predicted octanol–water partition coefficient (Wildman–Crippen LogP) is 10.3. The summed E-state index contributed by atoms with van der Waals surface area (Å²) in [6.45, 7) is 15.0. The molecule has 1 saturated heterocycles. The second-order valence-corrected chi connectivity index (χ2v) is 14.8. The largest absolute Gasteiger partial charge is 0.489 e. The summed E-state index contributed by atoms with van der Waals surface area (Å²) in [4.78, 5) is 20.7. The highest BCUT2D eigenvalue weighted by Gasteiger charge is 2.35. The number of nitrogens with zero attached hydrogens (tertiary/aromatic N) is 4. The Balaban J connectivity index is 1.12. The molecule has 0 bridgehead atoms. The van der Waals surface area contributed by atoms with Crippen molar-refractivity contribution in [3.63, 3.8) is 0 Å². The third kappa shape index (κ3) is 9.89. The molecule has 6 rings (SSSR count). The maximum absolute atomic E-state index is 6.86. The number of hydrogen-bond donors (Lipinski definition) is 0. The molecular formula is C44H52N4O4. The SMILES string of the molecule is CC(ON(C(c1ccc(COC2CCCCO2)cc1)C(C)C)C(C)(C)C)c1ccc(COc2cc(-c3ccccn3)nc(-c3ccccn3)c2)cc1. The van der Waals surface area contributed by atoms with Crippen molar-refractivity contribution in [2.45, 2.75) is 98.0 Å². The molecule has 0 N–H and O–H groups in total. The molecule has 3 aromatic heterocycles. The number of aromatic nitrogens is 3. The molecule has 0 amide bonds. The van der Waals surface area contributed by atoms with E-state index < -0.39 is 0 Å². The van der Waals surface area contributed by atoms with Crippen molar-refractivity contribution in [1.29, 1.82) is 0 Å². The molecule has 4 heterocycles. The van der Waals surface area contributed by atoms with E-state index in [9.17, 15) is 0 Å². The van der Waals surface area contributed by atoms with Gasteiger partial charge in [-0.2, -0.15) is 5.06 Å². The number of benzene rings is 2. The fourth-order valence-corrected chi connectivity index (χ4v) is 6.44. The quantitative estimate of drug-likeness (QED) is 0.106. The average Bonchev–Trinajstić information content (AvgIpc) is 3.17. The van der Waals surface area contributed by atoms with E-state index >= 15 is 0 Å². The lowest BCUT2D eigenvalue weighted by atomic mass is 9.92. The van der Waals surface area contributed by atoms with Crippen molar-refractivity contribution in [2.24, 2.45) is 5.92 Å². The zero-order valence-electron chi connectivity index (χ0n) is 31.4. The average molecular weight is 701 g/mol. The van der Waals surface area contributed by atoms with Crippen LogP contribution in [0, 0.1) is 5.92 Å². The Labute approximate surface area is 309 Å². The molecule has 8 heteroatoms. The highest BCUT2D eigenvalue weighted by molar-refractivity contribution is 5.64. The maximum atomic E-state index is 6.86. The summed E-state index contributed by atoms with van der Waals surface area (Å²) in [5.41, 5.74) is 7.29. The third-order valence-corrected chi connectivity index (χ3v) is 9.22. The lowest BCUT2D eigenvalue weighted by Crippen LogP contribution is -2.46. The van der Waals surface area contributed by atoms with Crippen molar-refractivity contribution >= 4 is 0 Å². The number of hydroxylamine groups is 2. The number of pyridine rings is 3. The first-order valence-electron chi connectivity index (χ1n) is 18.5. The van der Waals surface area contributed by atoms with E-state index in [1.807, 2.05) is 48.5 Å². The molecule has 0 saturated carbocycles. The molecule has 1 fully saturated rings. The zero-order chi connectivity index (χ0) is 36.5. The third-order valence-electron chi connectivity index (χ3n) is 9.22. The molecule has 0 spiro atoms. The van der Waals surface area contributed by atoms with Gasteiger partial charge in [0.1, 0.15) is 18.5 Å². The minimum absolute atomic E-state index is 0.0547. The zero-order valence-corrected chi connectivity index (χ0v) is 31.4. The van der Waals surface area contributed by atoms with E-state index in [2.05, 4.69) is 105 Å². The second kappa shape index (κ2) is 17.4. The predicted molar refractivity (Wildman–Crippen MR) is 205 cm³/mol. The first kappa shape index (κ1) is 37.3. The van der Waals surface area contributed by atoms with Crippen LogP contribution in [0.25, 0.3) is 22.8 Å². The fourth-order valence-electron chi connectivity index (χ4n) is 6.44. The van der Waals surface area contributed by atoms with Crippen LogP contribution in [0.15, 0.2) is 109 Å². The fraction of sp³-hybridized carbons (Fsp3) is 0.386. The van der Waals surface area contributed by atoms with E-state index in [-0.39, 0.29) is 24.0 Å². The van der Waals surface area contributed by atoms with E-state index in [0.717, 1.165) is 65.3 Å². The van der Waals surface area contributed by atoms with Crippen molar-refractivity contribution < 1.29 is 19.0 Å². The van der Waals surface area contributed by atoms with Crippen molar-refractivity contribution in [3.8, 4) is 28.5 Å². The van der Waals surface area contributed by atoms with Gasteiger partial charge < -0.3 is 14.2 Å². The minimum Gasteiger partial charge on any atom is -0.489 e. The smallest absolute Gasteiger partial charge is 0.158 e. The molecule has 2 aromatic carbocycles. The van der Waals surface area contributed by atoms with Gasteiger partial charge >= 0.3 is 0 Å². The molecule has 5 aromatic rings. The van der Waals surface area contributed by atoms with Gasteiger partial charge in [0.25, 0.3) is 0 Å². The molecule has 3 unspecified atom stereocenters. The van der Waals surface area contributed by atoms with E-state index in [0.29, 0.717) is 24.9 Å². The summed E-state index contributed by atoms with van der Waals surface area (Å²) in [5.74, 6) is 1.02. The Bertz CT molecular complexity index is 1760. The maximum Gasteiger partial charge on any atom is 0.158 e. The molecule has 0 aliphatic carbocycles. The van der Waals surface area contributed by atoms with Gasteiger partial charge in [0, 0.05) is 36.7 Å². The molecule has 3 atom stereocenters. The van der Waals surface area contributed by atoms with Gasteiger partial charge in [-0.3, -0.25) is 14.8 Å². The monoisotopic (exact) mass is 700 g/mol. The lowest BCUT2D eigenvalue weighted by molar-refractivity contribution is -0.272. The highest BCUT2D eigenvalue weighted by atomic mass is 16.7. The molecule has 0 radical (unpaired) electrons. The normalized spacial score (nSPS) is 16.2. The number of ether oxygens (including phenoxy) is 3. The van der Waals surface area contributed by atoms with Gasteiger partial charge in [0.2, 0.25) is 0 Å². The van der Waals surface area contributed by atoms with Crippen LogP contribution in [0.3, 0.4) is 0 Å². The lowest BCUT2D eigenvalue weighted by Gasteiger charge is -2.44. The second-order valence-electron chi connectivity index (χ2n) is 14.8. The van der Waals surface area contributed by atoms with Gasteiger partial charge in [-0.25, -0.2) is 4.98 Å². The summed E-state index contributed by atoms with van der Waals surface area (Å²) >= 11 is 0. The summed E-state index contributed by atoms with van der Waals surface area (Å²) in [7, 11) is 0. The molecular weight excluding hydrogens is 649 g/mol. The van der Waals surface area contributed by atoms with Crippen molar-refractivity contribution in [1.82, 2.24) is 20.0 Å². The first-order valence-corrected chi connectivity index (χ1v) is 18.5. The van der Waals surface area contributed by atoms with Gasteiger partial charge in [-0.15, -0.1) is 0 Å². The first-order chi connectivity index (χ1) is 25.1. The number of rotatable bonds is 14. The minimum atomic E-state index is -0.246. The molecule has 8 nitrogen and oxygen atoms in total. The van der Waals surface area contributed by atoms with Gasteiger partial charge in [-0.1, -0.05) is 74.5 Å². The molecule has 1 aliphatic rings. The summed E-state index contributed by atoms with van der Waals surface area (Å²) < 4.78 is 18.1. The van der Waals surface area contributed by atoms with E-state index in [4.69, 9.17) is 24.0 Å². The summed E-state index contributed by atoms with van der Waals surface area (Å²) in [5, 5.41) is 2.18. The van der Waals surface area contributed by atoms with Crippen molar-refractivity contribution in [2.75, 3.05) is 6.61 Å². The van der Waals surface area contributed by atoms with Crippen LogP contribution in [0.1, 0.15) is 95.2 Å². The van der Waals surface area contributed by atoms with Gasteiger partial charge in [0.05, 0.1) is 35.4 Å². The van der Waals surface area contributed by atoms with E-state index in [1.165, 1.54) is 5.56 Å². The van der Waals surface area contributed by atoms with E-state index in [1.54, 1.807) is 12.4 Å². The van der Waals surface area contributed by atoms with Crippen LogP contribution < -0.4 is 4.74 Å². The topological polar surface area (TPSA) is 78.8 Å². The summed E-state index contributed by atoms with van der Waals surface area (Å²) in [6, 6.07) is 32.8. The van der Waals surface area contributed by atoms with Crippen LogP contribution in [0.2, 0.25) is 0 Å². The van der Waals surface area contributed by atoms with Crippen LogP contribution >= 0.6 is 0 Å². The van der Waals surface area contributed by atoms with Crippen LogP contribution in [0.4, 0.5) is 0 Å². The van der Waals surface area contributed by atoms with Gasteiger partial charge in [0.15, 0.2) is 6.29 Å². The Morgan fingerprint density at radius 2 is 1.33 bits per heavy atom. The molecule has 1 aliphatic heterocycles. The highest BCUT2D eigenvalue weighted by Crippen LogP contribution is 2.37. The van der Waals surface area contributed by atoms with Gasteiger partial charge in [-0.05, 0) is 99.4 Å². The van der Waals surface area contributed by atoms with Crippen LogP contribution in [-0.2, 0) is 27.5 Å². The molecule has 52 heavy (non-hydrogen) atoms. The standard InChI is InChI=1S/C44H52N4O4/c1-31(2)43(36-22-18-34(19-23-36)30-51-42-15-9-12-26-49-42)48(44(4,5)6)52-32(3)35-20-16-33(17-21-35)29-50-37-27-40(38-13-7-10-24-45-38)47-41(28-37)39-14-8-11-25-46-39/h7-8,10-11,13-14,16-25,27-28,31-32,42-43H,9,12,15,26,29-30H2,1-6H3.